The van der Waals surface area contributed by atoms with E-state index < -0.39 is 23.3 Å². The Bertz CT molecular complexity index is 1400. The summed E-state index contributed by atoms with van der Waals surface area (Å²) in [7, 11) is 0. The first kappa shape index (κ1) is 34.8. The second kappa shape index (κ2) is 14.6. The Morgan fingerprint density at radius 3 is 2.22 bits per heavy atom. The lowest BCUT2D eigenvalue weighted by Crippen LogP contribution is -2.45. The Morgan fingerprint density at radius 2 is 1.57 bits per heavy atom. The van der Waals surface area contributed by atoms with Crippen LogP contribution in [0.4, 0.5) is 9.59 Å². The summed E-state index contributed by atoms with van der Waals surface area (Å²) >= 11 is 0. The van der Waals surface area contributed by atoms with E-state index in [1.807, 2.05) is 52.0 Å². The smallest absolute Gasteiger partial charge is 0.411 e. The summed E-state index contributed by atoms with van der Waals surface area (Å²) < 4.78 is 17.1. The average molecular weight is 636 g/mol. The highest BCUT2D eigenvalue weighted by atomic mass is 16.6. The molecule has 0 spiro atoms. The van der Waals surface area contributed by atoms with E-state index in [4.69, 9.17) is 14.2 Å². The number of aryl methyl sites for hydroxylation is 1. The molecule has 250 valence electrons. The number of nitrogens with zero attached hydrogens (tertiary/aromatic N) is 2. The molecule has 2 heterocycles. The van der Waals surface area contributed by atoms with Gasteiger partial charge in [-0.1, -0.05) is 30.3 Å². The number of aldehydes is 1. The van der Waals surface area contributed by atoms with Gasteiger partial charge in [-0.3, -0.25) is 9.69 Å². The summed E-state index contributed by atoms with van der Waals surface area (Å²) in [6.07, 6.45) is 4.91. The Morgan fingerprint density at radius 1 is 0.891 bits per heavy atom. The van der Waals surface area contributed by atoms with E-state index in [1.165, 1.54) is 28.0 Å². The highest BCUT2D eigenvalue weighted by Crippen LogP contribution is 2.31. The molecular formula is C36H49N3O7. The van der Waals surface area contributed by atoms with Crippen LogP contribution in [0.1, 0.15) is 96.0 Å². The first-order chi connectivity index (χ1) is 21.7. The van der Waals surface area contributed by atoms with E-state index in [0.29, 0.717) is 18.7 Å². The summed E-state index contributed by atoms with van der Waals surface area (Å²) in [6.45, 7) is 13.7. The molecule has 3 unspecified atom stereocenters. The molecule has 0 aromatic heterocycles. The van der Waals surface area contributed by atoms with Gasteiger partial charge < -0.3 is 29.2 Å². The van der Waals surface area contributed by atoms with Crippen LogP contribution in [0.15, 0.2) is 42.5 Å². The third kappa shape index (κ3) is 9.23. The summed E-state index contributed by atoms with van der Waals surface area (Å²) in [5, 5.41) is 2.86. The maximum atomic E-state index is 12.7. The molecule has 3 amide bonds. The van der Waals surface area contributed by atoms with Crippen LogP contribution < -0.4 is 10.1 Å². The van der Waals surface area contributed by atoms with Gasteiger partial charge in [-0.15, -0.1) is 0 Å². The van der Waals surface area contributed by atoms with Crippen molar-refractivity contribution in [3.05, 3.63) is 64.7 Å². The van der Waals surface area contributed by atoms with Crippen molar-refractivity contribution in [3.8, 4) is 5.75 Å². The number of hydrogen-bond donors (Lipinski definition) is 1. The second-order valence-electron chi connectivity index (χ2n) is 14.3. The molecule has 0 bridgehead atoms. The minimum absolute atomic E-state index is 0.0321. The van der Waals surface area contributed by atoms with Crippen molar-refractivity contribution >= 4 is 24.9 Å². The van der Waals surface area contributed by atoms with Crippen molar-refractivity contribution < 1.29 is 33.4 Å². The molecule has 3 aliphatic rings. The molecule has 46 heavy (non-hydrogen) atoms. The van der Waals surface area contributed by atoms with Gasteiger partial charge in [0.15, 0.2) is 0 Å². The zero-order valence-electron chi connectivity index (χ0n) is 28.2. The van der Waals surface area contributed by atoms with E-state index in [9.17, 15) is 19.2 Å². The van der Waals surface area contributed by atoms with Crippen molar-refractivity contribution in [2.75, 3.05) is 6.54 Å². The van der Waals surface area contributed by atoms with Crippen LogP contribution in [0.25, 0.3) is 0 Å². The number of fused-ring (bicyclic) bond motifs is 2. The van der Waals surface area contributed by atoms with Gasteiger partial charge in [0.2, 0.25) is 6.41 Å². The molecule has 2 aliphatic heterocycles. The van der Waals surface area contributed by atoms with Gasteiger partial charge in [0.25, 0.3) is 0 Å². The predicted molar refractivity (Wildman–Crippen MR) is 175 cm³/mol. The minimum atomic E-state index is -0.640. The van der Waals surface area contributed by atoms with Crippen LogP contribution in [0, 0.1) is 0 Å². The second-order valence-corrected chi connectivity index (χ2v) is 14.3. The van der Waals surface area contributed by atoms with Crippen molar-refractivity contribution in [1.82, 2.24) is 15.1 Å². The topological polar surface area (TPSA) is 114 Å². The first-order valence-corrected chi connectivity index (χ1v) is 16.2. The predicted octanol–water partition coefficient (Wildman–Crippen LogP) is 6.13. The van der Waals surface area contributed by atoms with Crippen LogP contribution in [-0.4, -0.2) is 70.6 Å². The van der Waals surface area contributed by atoms with Gasteiger partial charge >= 0.3 is 12.2 Å². The standard InChI is InChI=1S/C25H36N2O6.C11H13NO/c1-16-10-17-8-9-20(11-18(17)13-26(16)22(29)32-24(2,3)4)31-21-12-19(15-28)27(14-21)23(30)33-25(5,6)7;13-8-12-11-7-3-5-9-4-1-2-6-10(9)11/h8-9,11,15-16,19,21H,10,12-14H2,1-7H3;1-2,4,6,8,11H,3,5,7H2,(H,12,13)/t16?,19?,21-;/m0./s1. The van der Waals surface area contributed by atoms with Crippen molar-refractivity contribution in [2.24, 2.45) is 0 Å². The highest BCUT2D eigenvalue weighted by molar-refractivity contribution is 5.74. The molecule has 0 saturated carbocycles. The molecule has 5 rings (SSSR count). The van der Waals surface area contributed by atoms with Gasteiger partial charge in [-0.2, -0.15) is 0 Å². The molecule has 4 atom stereocenters. The quantitative estimate of drug-likeness (QED) is 0.393. The summed E-state index contributed by atoms with van der Waals surface area (Å²) in [5.41, 5.74) is 3.65. The van der Waals surface area contributed by atoms with E-state index >= 15 is 0 Å². The summed E-state index contributed by atoms with van der Waals surface area (Å²) in [5.74, 6) is 0.646. The van der Waals surface area contributed by atoms with Crippen molar-refractivity contribution in [3.63, 3.8) is 0 Å². The van der Waals surface area contributed by atoms with Crippen LogP contribution in [-0.2, 0) is 38.4 Å². The zero-order chi connectivity index (χ0) is 33.6. The van der Waals surface area contributed by atoms with Crippen LogP contribution in [0.2, 0.25) is 0 Å². The number of nitrogens with one attached hydrogen (secondary N) is 1. The zero-order valence-corrected chi connectivity index (χ0v) is 28.2. The number of hydrogen-bond acceptors (Lipinski definition) is 7. The molecule has 1 N–H and O–H groups in total. The molecule has 0 radical (unpaired) electrons. The Balaban J connectivity index is 0.000000305. The van der Waals surface area contributed by atoms with E-state index in [0.717, 1.165) is 37.5 Å². The van der Waals surface area contributed by atoms with Crippen molar-refractivity contribution in [2.45, 2.75) is 123 Å². The normalized spacial score (nSPS) is 22.3. The highest BCUT2D eigenvalue weighted by Gasteiger charge is 2.39. The van der Waals surface area contributed by atoms with Gasteiger partial charge in [-0.05, 0) is 109 Å². The summed E-state index contributed by atoms with van der Waals surface area (Å²) in [4.78, 5) is 50.2. The lowest BCUT2D eigenvalue weighted by molar-refractivity contribution is -0.111. The van der Waals surface area contributed by atoms with E-state index in [2.05, 4.69) is 23.5 Å². The lowest BCUT2D eigenvalue weighted by Gasteiger charge is -2.36. The van der Waals surface area contributed by atoms with E-state index in [-0.39, 0.29) is 30.8 Å². The molecule has 1 aliphatic carbocycles. The maximum Gasteiger partial charge on any atom is 0.411 e. The van der Waals surface area contributed by atoms with Crippen LogP contribution in [0.3, 0.4) is 0 Å². The molecule has 1 saturated heterocycles. The van der Waals surface area contributed by atoms with Crippen molar-refractivity contribution in [1.29, 1.82) is 0 Å². The SMILES string of the molecule is CC1Cc2ccc(O[C@H]3CC(C=O)N(C(=O)OC(C)(C)C)C3)cc2CN1C(=O)OC(C)(C)C.O=CNC1CCCc2ccccc21. The Kier molecular flexibility index (Phi) is 11.0. The fourth-order valence-electron chi connectivity index (χ4n) is 6.13. The largest absolute Gasteiger partial charge is 0.488 e. The summed E-state index contributed by atoms with van der Waals surface area (Å²) in [6, 6.07) is 13.9. The lowest BCUT2D eigenvalue weighted by atomic mass is 9.88. The molecular weight excluding hydrogens is 586 g/mol. The molecule has 10 heteroatoms. The fourth-order valence-corrected chi connectivity index (χ4v) is 6.13. The number of benzene rings is 2. The van der Waals surface area contributed by atoms with E-state index in [1.54, 1.807) is 25.7 Å². The number of amides is 3. The number of rotatable bonds is 5. The molecule has 2 aromatic rings. The number of carbonyl (C=O) groups excluding carboxylic acids is 4. The number of likely N-dealkylation sites (tertiary alicyclic amines) is 1. The Labute approximate surface area is 272 Å². The third-order valence-electron chi connectivity index (χ3n) is 8.23. The average Bonchev–Trinajstić information content (AvgIpc) is 3.39. The Hall–Kier alpha value is -4.08. The van der Waals surface area contributed by atoms with Crippen LogP contribution in [0.5, 0.6) is 5.75 Å². The maximum absolute atomic E-state index is 12.7. The minimum Gasteiger partial charge on any atom is -0.488 e. The van der Waals surface area contributed by atoms with Gasteiger partial charge in [0.1, 0.15) is 29.3 Å². The third-order valence-corrected chi connectivity index (χ3v) is 8.23. The van der Waals surface area contributed by atoms with Gasteiger partial charge in [-0.25, -0.2) is 9.59 Å². The van der Waals surface area contributed by atoms with Gasteiger partial charge in [0.05, 0.1) is 18.6 Å². The molecule has 2 aromatic carbocycles. The number of ether oxygens (including phenoxy) is 3. The number of carbonyl (C=O) groups is 4. The fraction of sp³-hybridized carbons (Fsp3) is 0.556. The van der Waals surface area contributed by atoms with Gasteiger partial charge in [0, 0.05) is 19.0 Å². The molecule has 10 nitrogen and oxygen atoms in total. The monoisotopic (exact) mass is 635 g/mol. The first-order valence-electron chi connectivity index (χ1n) is 16.2. The molecule has 1 fully saturated rings. The van der Waals surface area contributed by atoms with Crippen LogP contribution >= 0.6 is 0 Å².